The molecule has 0 aromatic rings. The fourth-order valence-corrected chi connectivity index (χ4v) is 3.56. The SMILES string of the molecule is N=C(N)NCCC[C@@H](C=O)NC(=O)[C@@H]1CCCN1C(=O)[C@H]1CCCCN1. The number of aldehydes is 1. The Hall–Kier alpha value is -2.16. The lowest BCUT2D eigenvalue weighted by molar-refractivity contribution is -0.140. The van der Waals surface area contributed by atoms with Crippen LogP contribution in [0.25, 0.3) is 0 Å². The van der Waals surface area contributed by atoms with Gasteiger partial charge < -0.3 is 31.4 Å². The average Bonchev–Trinajstić information content (AvgIpc) is 3.13. The molecule has 0 spiro atoms. The molecule has 2 rings (SSSR count). The first-order chi connectivity index (χ1) is 12.5. The van der Waals surface area contributed by atoms with Crippen LogP contribution in [0.3, 0.4) is 0 Å². The van der Waals surface area contributed by atoms with Crippen LogP contribution in [0.1, 0.15) is 44.9 Å². The van der Waals surface area contributed by atoms with E-state index in [4.69, 9.17) is 11.1 Å². The number of rotatable bonds is 8. The molecule has 6 N–H and O–H groups in total. The highest BCUT2D eigenvalue weighted by molar-refractivity contribution is 5.91. The number of likely N-dealkylation sites (tertiary alicyclic amines) is 1. The van der Waals surface area contributed by atoms with Crippen molar-refractivity contribution in [1.82, 2.24) is 20.9 Å². The van der Waals surface area contributed by atoms with Gasteiger partial charge in [-0.2, -0.15) is 0 Å². The molecule has 0 bridgehead atoms. The Morgan fingerprint density at radius 3 is 2.77 bits per heavy atom. The molecule has 3 atom stereocenters. The highest BCUT2D eigenvalue weighted by Gasteiger charge is 2.37. The molecule has 0 aliphatic carbocycles. The van der Waals surface area contributed by atoms with E-state index in [9.17, 15) is 14.4 Å². The Labute approximate surface area is 153 Å². The average molecular weight is 366 g/mol. The van der Waals surface area contributed by atoms with Crippen LogP contribution in [0.5, 0.6) is 0 Å². The van der Waals surface area contributed by atoms with E-state index in [1.54, 1.807) is 4.90 Å². The second-order valence-electron chi connectivity index (χ2n) is 6.93. The summed E-state index contributed by atoms with van der Waals surface area (Å²) in [7, 11) is 0. The zero-order chi connectivity index (χ0) is 18.9. The predicted molar refractivity (Wildman–Crippen MR) is 97.5 cm³/mol. The highest BCUT2D eigenvalue weighted by Crippen LogP contribution is 2.21. The summed E-state index contributed by atoms with van der Waals surface area (Å²) in [4.78, 5) is 38.2. The Bertz CT molecular complexity index is 521. The molecule has 0 unspecified atom stereocenters. The van der Waals surface area contributed by atoms with Crippen molar-refractivity contribution in [2.24, 2.45) is 5.73 Å². The fourth-order valence-electron chi connectivity index (χ4n) is 3.56. The largest absolute Gasteiger partial charge is 0.370 e. The molecule has 0 aromatic carbocycles. The van der Waals surface area contributed by atoms with E-state index in [1.165, 1.54) is 0 Å². The molecule has 2 heterocycles. The maximum atomic E-state index is 12.7. The molecule has 9 nitrogen and oxygen atoms in total. The van der Waals surface area contributed by atoms with Gasteiger partial charge in [0.1, 0.15) is 12.3 Å². The van der Waals surface area contributed by atoms with Crippen molar-refractivity contribution in [2.45, 2.75) is 63.1 Å². The predicted octanol–water partition coefficient (Wildman–Crippen LogP) is -0.934. The lowest BCUT2D eigenvalue weighted by atomic mass is 10.0. The lowest BCUT2D eigenvalue weighted by Gasteiger charge is -2.31. The number of carbonyl (C=O) groups excluding carboxylic acids is 3. The van der Waals surface area contributed by atoms with Crippen molar-refractivity contribution in [3.05, 3.63) is 0 Å². The topological polar surface area (TPSA) is 140 Å². The molecule has 2 aliphatic heterocycles. The van der Waals surface area contributed by atoms with Gasteiger partial charge in [0.05, 0.1) is 12.1 Å². The lowest BCUT2D eigenvalue weighted by Crippen LogP contribution is -2.54. The quantitative estimate of drug-likeness (QED) is 0.163. The molecule has 9 heteroatoms. The third-order valence-corrected chi connectivity index (χ3v) is 4.95. The maximum Gasteiger partial charge on any atom is 0.243 e. The molecular weight excluding hydrogens is 336 g/mol. The zero-order valence-electron chi connectivity index (χ0n) is 15.1. The van der Waals surface area contributed by atoms with Gasteiger partial charge in [0, 0.05) is 13.1 Å². The summed E-state index contributed by atoms with van der Waals surface area (Å²) < 4.78 is 0. The van der Waals surface area contributed by atoms with Crippen LogP contribution in [0, 0.1) is 5.41 Å². The van der Waals surface area contributed by atoms with Gasteiger partial charge in [0.25, 0.3) is 0 Å². The van der Waals surface area contributed by atoms with Crippen LogP contribution < -0.4 is 21.7 Å². The normalized spacial score (nSPS) is 23.9. The van der Waals surface area contributed by atoms with Crippen molar-refractivity contribution in [3.8, 4) is 0 Å². The van der Waals surface area contributed by atoms with Crippen molar-refractivity contribution >= 4 is 24.1 Å². The molecular formula is C17H30N6O3. The van der Waals surface area contributed by atoms with E-state index in [-0.39, 0.29) is 23.8 Å². The Morgan fingerprint density at radius 2 is 2.12 bits per heavy atom. The van der Waals surface area contributed by atoms with E-state index >= 15 is 0 Å². The summed E-state index contributed by atoms with van der Waals surface area (Å²) >= 11 is 0. The van der Waals surface area contributed by atoms with Crippen molar-refractivity contribution in [1.29, 1.82) is 5.41 Å². The number of nitrogens with two attached hydrogens (primary N) is 1. The number of nitrogens with zero attached hydrogens (tertiary/aromatic N) is 1. The van der Waals surface area contributed by atoms with Crippen molar-refractivity contribution in [3.63, 3.8) is 0 Å². The molecule has 26 heavy (non-hydrogen) atoms. The smallest absolute Gasteiger partial charge is 0.243 e. The van der Waals surface area contributed by atoms with Crippen molar-refractivity contribution in [2.75, 3.05) is 19.6 Å². The van der Waals surface area contributed by atoms with Crippen LogP contribution in [0.2, 0.25) is 0 Å². The molecule has 0 aromatic heterocycles. The molecule has 2 amide bonds. The number of carbonyl (C=O) groups is 3. The molecule has 2 aliphatic rings. The standard InChI is InChI=1S/C17H30N6O3/c18-17(19)21-9-3-5-12(11-24)22-15(25)14-7-4-10-23(14)16(26)13-6-1-2-8-20-13/h11-14,20H,1-10H2,(H,22,25)(H4,18,19,21)/t12-,13+,14-/m0/s1. The molecule has 0 radical (unpaired) electrons. The Kier molecular flexibility index (Phi) is 7.83. The van der Waals surface area contributed by atoms with Crippen LogP contribution >= 0.6 is 0 Å². The number of hydrogen-bond donors (Lipinski definition) is 5. The van der Waals surface area contributed by atoms with E-state index in [1.807, 2.05) is 0 Å². The first-order valence-electron chi connectivity index (χ1n) is 9.40. The second kappa shape index (κ2) is 10.1. The third kappa shape index (κ3) is 5.69. The number of guanidine groups is 1. The van der Waals surface area contributed by atoms with Gasteiger partial charge in [0.15, 0.2) is 5.96 Å². The molecule has 146 valence electrons. The Morgan fingerprint density at radius 1 is 1.31 bits per heavy atom. The van der Waals surface area contributed by atoms with E-state index < -0.39 is 12.1 Å². The van der Waals surface area contributed by atoms with E-state index in [2.05, 4.69) is 16.0 Å². The van der Waals surface area contributed by atoms with Gasteiger partial charge in [-0.25, -0.2) is 0 Å². The summed E-state index contributed by atoms with van der Waals surface area (Å²) in [6.07, 6.45) is 6.11. The summed E-state index contributed by atoms with van der Waals surface area (Å²) in [6, 6.07) is -1.29. The Balaban J connectivity index is 1.84. The van der Waals surface area contributed by atoms with Crippen LogP contribution in [0.15, 0.2) is 0 Å². The monoisotopic (exact) mass is 366 g/mol. The summed E-state index contributed by atoms with van der Waals surface area (Å²) in [5.41, 5.74) is 5.20. The van der Waals surface area contributed by atoms with Crippen molar-refractivity contribution < 1.29 is 14.4 Å². The summed E-state index contributed by atoms with van der Waals surface area (Å²) in [5.74, 6) is -0.382. The number of hydrogen-bond acceptors (Lipinski definition) is 5. The second-order valence-corrected chi connectivity index (χ2v) is 6.93. The van der Waals surface area contributed by atoms with E-state index in [0.717, 1.165) is 38.5 Å². The van der Waals surface area contributed by atoms with E-state index in [0.29, 0.717) is 32.4 Å². The zero-order valence-corrected chi connectivity index (χ0v) is 15.1. The molecule has 2 fully saturated rings. The summed E-state index contributed by atoms with van der Waals surface area (Å²) in [6.45, 7) is 1.89. The van der Waals surface area contributed by atoms with Gasteiger partial charge in [0.2, 0.25) is 11.8 Å². The van der Waals surface area contributed by atoms with Gasteiger partial charge in [-0.3, -0.25) is 15.0 Å². The maximum absolute atomic E-state index is 12.7. The van der Waals surface area contributed by atoms with Crippen LogP contribution in [-0.2, 0) is 14.4 Å². The van der Waals surface area contributed by atoms with Gasteiger partial charge >= 0.3 is 0 Å². The van der Waals surface area contributed by atoms with Crippen LogP contribution in [-0.4, -0.2) is 66.7 Å². The van der Waals surface area contributed by atoms with Crippen LogP contribution in [0.4, 0.5) is 0 Å². The minimum absolute atomic E-state index is 0.00402. The first kappa shape index (κ1) is 20.2. The molecule has 0 saturated carbocycles. The highest BCUT2D eigenvalue weighted by atomic mass is 16.2. The summed E-state index contributed by atoms with van der Waals surface area (Å²) in [5, 5.41) is 15.7. The van der Waals surface area contributed by atoms with Gasteiger partial charge in [-0.05, 0) is 45.1 Å². The van der Waals surface area contributed by atoms with Gasteiger partial charge in [-0.15, -0.1) is 0 Å². The number of nitrogens with one attached hydrogen (secondary N) is 4. The third-order valence-electron chi connectivity index (χ3n) is 4.95. The first-order valence-corrected chi connectivity index (χ1v) is 9.40. The van der Waals surface area contributed by atoms with Gasteiger partial charge in [-0.1, -0.05) is 6.42 Å². The number of amides is 2. The minimum Gasteiger partial charge on any atom is -0.370 e. The minimum atomic E-state index is -0.596. The molecule has 2 saturated heterocycles. The number of piperidine rings is 1. The fraction of sp³-hybridized carbons (Fsp3) is 0.765.